The Labute approximate surface area is 98.5 Å². The molecule has 86 valence electrons. The van der Waals surface area contributed by atoms with Crippen molar-refractivity contribution in [3.63, 3.8) is 0 Å². The van der Waals surface area contributed by atoms with Crippen LogP contribution in [-0.2, 0) is 6.54 Å². The smallest absolute Gasteiger partial charge is 0.0638 e. The van der Waals surface area contributed by atoms with Crippen molar-refractivity contribution in [2.24, 2.45) is 0 Å². The Morgan fingerprint density at radius 1 is 1.31 bits per heavy atom. The van der Waals surface area contributed by atoms with Crippen LogP contribution in [0.25, 0.3) is 0 Å². The summed E-state index contributed by atoms with van der Waals surface area (Å²) in [4.78, 5) is 2.26. The van der Waals surface area contributed by atoms with Crippen LogP contribution in [0.2, 0.25) is 0 Å². The van der Waals surface area contributed by atoms with Crippen molar-refractivity contribution < 1.29 is 0 Å². The summed E-state index contributed by atoms with van der Waals surface area (Å²) in [6.45, 7) is 5.14. The molecule has 0 amide bonds. The third-order valence-electron chi connectivity index (χ3n) is 2.97. The van der Waals surface area contributed by atoms with Crippen LogP contribution in [0.15, 0.2) is 24.3 Å². The molecule has 0 aliphatic carbocycles. The summed E-state index contributed by atoms with van der Waals surface area (Å²) < 4.78 is 0. The molecule has 0 saturated carbocycles. The first-order valence-corrected chi connectivity index (χ1v) is 5.80. The van der Waals surface area contributed by atoms with Gasteiger partial charge in [0.25, 0.3) is 0 Å². The van der Waals surface area contributed by atoms with Crippen LogP contribution >= 0.6 is 0 Å². The minimum atomic E-state index is 0.367. The Morgan fingerprint density at radius 2 is 1.94 bits per heavy atom. The van der Waals surface area contributed by atoms with E-state index in [0.29, 0.717) is 12.5 Å². The number of benzene rings is 1. The Balaban J connectivity index is 2.59. The molecule has 1 atom stereocenters. The minimum Gasteiger partial charge on any atom is -0.298 e. The Kier molecular flexibility index (Phi) is 5.01. The highest BCUT2D eigenvalue weighted by atomic mass is 15.1. The second-order valence-corrected chi connectivity index (χ2v) is 4.33. The highest BCUT2D eigenvalue weighted by molar-refractivity contribution is 5.21. The molecule has 0 heterocycles. The fourth-order valence-electron chi connectivity index (χ4n) is 1.83. The lowest BCUT2D eigenvalue weighted by atomic mass is 10.1. The van der Waals surface area contributed by atoms with E-state index in [1.54, 1.807) is 0 Å². The second-order valence-electron chi connectivity index (χ2n) is 4.33. The van der Waals surface area contributed by atoms with Gasteiger partial charge in [-0.05, 0) is 26.0 Å². The molecule has 1 aromatic carbocycles. The zero-order chi connectivity index (χ0) is 12.0. The lowest BCUT2D eigenvalue weighted by molar-refractivity contribution is 0.230. The van der Waals surface area contributed by atoms with Crippen LogP contribution in [-0.4, -0.2) is 18.0 Å². The first-order chi connectivity index (χ1) is 7.67. The van der Waals surface area contributed by atoms with E-state index in [4.69, 9.17) is 5.26 Å². The van der Waals surface area contributed by atoms with Crippen molar-refractivity contribution in [1.29, 1.82) is 5.26 Å². The van der Waals surface area contributed by atoms with E-state index in [1.165, 1.54) is 11.1 Å². The monoisotopic (exact) mass is 216 g/mol. The van der Waals surface area contributed by atoms with E-state index in [9.17, 15) is 0 Å². The summed E-state index contributed by atoms with van der Waals surface area (Å²) in [5, 5.41) is 8.74. The van der Waals surface area contributed by atoms with E-state index < -0.39 is 0 Å². The van der Waals surface area contributed by atoms with Crippen LogP contribution in [0.3, 0.4) is 0 Å². The molecule has 0 aliphatic heterocycles. The Morgan fingerprint density at radius 3 is 2.44 bits per heavy atom. The zero-order valence-electron chi connectivity index (χ0n) is 10.4. The predicted molar refractivity (Wildman–Crippen MR) is 67.0 cm³/mol. The number of rotatable bonds is 5. The molecule has 0 saturated heterocycles. The van der Waals surface area contributed by atoms with Gasteiger partial charge < -0.3 is 0 Å². The molecule has 1 aromatic rings. The molecule has 2 nitrogen and oxygen atoms in total. The molecule has 0 fully saturated rings. The fourth-order valence-corrected chi connectivity index (χ4v) is 1.83. The van der Waals surface area contributed by atoms with E-state index in [-0.39, 0.29) is 0 Å². The summed E-state index contributed by atoms with van der Waals surface area (Å²) in [5.74, 6) is 0. The SMILES string of the molecule is CCC(CC#N)N(C)Cc1ccc(C)cc1. The Bertz CT molecular complexity index is 348. The van der Waals surface area contributed by atoms with Crippen molar-refractivity contribution in [3.8, 4) is 6.07 Å². The zero-order valence-corrected chi connectivity index (χ0v) is 10.4. The third kappa shape index (κ3) is 3.67. The van der Waals surface area contributed by atoms with Crippen LogP contribution in [0.1, 0.15) is 30.9 Å². The fraction of sp³-hybridized carbons (Fsp3) is 0.500. The number of aryl methyl sites for hydroxylation is 1. The molecule has 0 bridgehead atoms. The van der Waals surface area contributed by atoms with Gasteiger partial charge in [0.2, 0.25) is 0 Å². The molecule has 16 heavy (non-hydrogen) atoms. The van der Waals surface area contributed by atoms with E-state index in [1.807, 2.05) is 0 Å². The standard InChI is InChI=1S/C14H20N2/c1-4-14(9-10-15)16(3)11-13-7-5-12(2)6-8-13/h5-8,14H,4,9,11H2,1-3H3. The second kappa shape index (κ2) is 6.30. The average Bonchev–Trinajstić information content (AvgIpc) is 2.29. The first-order valence-electron chi connectivity index (χ1n) is 5.80. The van der Waals surface area contributed by atoms with Gasteiger partial charge in [0.05, 0.1) is 12.5 Å². The maximum Gasteiger partial charge on any atom is 0.0638 e. The van der Waals surface area contributed by atoms with E-state index in [0.717, 1.165) is 13.0 Å². The molecule has 0 N–H and O–H groups in total. The summed E-state index contributed by atoms with van der Waals surface area (Å²) >= 11 is 0. The highest BCUT2D eigenvalue weighted by Crippen LogP contribution is 2.11. The van der Waals surface area contributed by atoms with Gasteiger partial charge in [-0.1, -0.05) is 36.8 Å². The van der Waals surface area contributed by atoms with Crippen molar-refractivity contribution in [2.45, 2.75) is 39.3 Å². The largest absolute Gasteiger partial charge is 0.298 e. The van der Waals surface area contributed by atoms with Crippen LogP contribution in [0.5, 0.6) is 0 Å². The maximum absolute atomic E-state index is 8.74. The number of hydrogen-bond acceptors (Lipinski definition) is 2. The van der Waals surface area contributed by atoms with Crippen LogP contribution in [0.4, 0.5) is 0 Å². The molecule has 2 heteroatoms. The van der Waals surface area contributed by atoms with Gasteiger partial charge in [0.15, 0.2) is 0 Å². The van der Waals surface area contributed by atoms with Gasteiger partial charge in [0.1, 0.15) is 0 Å². The average molecular weight is 216 g/mol. The van der Waals surface area contributed by atoms with Gasteiger partial charge in [-0.2, -0.15) is 5.26 Å². The maximum atomic E-state index is 8.74. The third-order valence-corrected chi connectivity index (χ3v) is 2.97. The predicted octanol–water partition coefficient (Wildman–Crippen LogP) is 3.12. The number of nitriles is 1. The molecule has 0 aromatic heterocycles. The first kappa shape index (κ1) is 12.7. The summed E-state index contributed by atoms with van der Waals surface area (Å²) in [6.07, 6.45) is 1.63. The lowest BCUT2D eigenvalue weighted by Crippen LogP contribution is -2.30. The van der Waals surface area contributed by atoms with Crippen LogP contribution < -0.4 is 0 Å². The van der Waals surface area contributed by atoms with Crippen molar-refractivity contribution in [3.05, 3.63) is 35.4 Å². The van der Waals surface area contributed by atoms with Gasteiger partial charge in [-0.15, -0.1) is 0 Å². The number of nitrogens with zero attached hydrogens (tertiary/aromatic N) is 2. The van der Waals surface area contributed by atoms with Crippen molar-refractivity contribution >= 4 is 0 Å². The molecule has 0 radical (unpaired) electrons. The van der Waals surface area contributed by atoms with Crippen molar-refractivity contribution in [1.82, 2.24) is 4.90 Å². The van der Waals surface area contributed by atoms with Gasteiger partial charge >= 0.3 is 0 Å². The van der Waals surface area contributed by atoms with Crippen LogP contribution in [0, 0.1) is 18.3 Å². The molecule has 0 aliphatic rings. The molecule has 1 unspecified atom stereocenters. The summed E-state index contributed by atoms with van der Waals surface area (Å²) in [5.41, 5.74) is 2.60. The van der Waals surface area contributed by atoms with E-state index >= 15 is 0 Å². The summed E-state index contributed by atoms with van der Waals surface area (Å²) in [7, 11) is 2.09. The summed E-state index contributed by atoms with van der Waals surface area (Å²) in [6, 6.07) is 11.2. The molecule has 1 rings (SSSR count). The van der Waals surface area contributed by atoms with Gasteiger partial charge in [0, 0.05) is 12.6 Å². The normalized spacial score (nSPS) is 12.4. The molecular formula is C14H20N2. The quantitative estimate of drug-likeness (QED) is 0.756. The van der Waals surface area contributed by atoms with Gasteiger partial charge in [-0.25, -0.2) is 0 Å². The highest BCUT2D eigenvalue weighted by Gasteiger charge is 2.12. The van der Waals surface area contributed by atoms with Crippen molar-refractivity contribution in [2.75, 3.05) is 7.05 Å². The van der Waals surface area contributed by atoms with Gasteiger partial charge in [-0.3, -0.25) is 4.90 Å². The topological polar surface area (TPSA) is 27.0 Å². The Hall–Kier alpha value is -1.33. The lowest BCUT2D eigenvalue weighted by Gasteiger charge is -2.25. The molecule has 0 spiro atoms. The van der Waals surface area contributed by atoms with E-state index in [2.05, 4.69) is 56.1 Å². The number of hydrogen-bond donors (Lipinski definition) is 0. The minimum absolute atomic E-state index is 0.367. The molecular weight excluding hydrogens is 196 g/mol.